The Morgan fingerprint density at radius 2 is 2.00 bits per heavy atom. The van der Waals surface area contributed by atoms with Crippen molar-refractivity contribution in [2.75, 3.05) is 11.4 Å². The summed E-state index contributed by atoms with van der Waals surface area (Å²) in [4.78, 5) is 16.8. The van der Waals surface area contributed by atoms with E-state index in [2.05, 4.69) is 40.5 Å². The summed E-state index contributed by atoms with van der Waals surface area (Å²) < 4.78 is 5.72. The summed E-state index contributed by atoms with van der Waals surface area (Å²) in [5.74, 6) is 0.456. The molecule has 3 heterocycles. The Kier molecular flexibility index (Phi) is 4.72. The molecule has 0 radical (unpaired) electrons. The van der Waals surface area contributed by atoms with Crippen molar-refractivity contribution >= 4 is 23.4 Å². The minimum Gasteiger partial charge on any atom is -0.420 e. The van der Waals surface area contributed by atoms with Gasteiger partial charge in [0.05, 0.1) is 11.3 Å². The van der Waals surface area contributed by atoms with Gasteiger partial charge >= 0.3 is 0 Å². The second kappa shape index (κ2) is 7.46. The van der Waals surface area contributed by atoms with Crippen LogP contribution in [0.1, 0.15) is 29.3 Å². The Balaban J connectivity index is 1.69. The number of nitrogens with two attached hydrogens (primary N) is 1. The molecule has 1 aromatic heterocycles. The lowest BCUT2D eigenvalue weighted by molar-refractivity contribution is -0.120. The maximum Gasteiger partial charge on any atom is 0.247 e. The highest BCUT2D eigenvalue weighted by Crippen LogP contribution is 2.55. The van der Waals surface area contributed by atoms with Gasteiger partial charge in [-0.05, 0) is 32.0 Å². The number of benzene rings is 2. The predicted molar refractivity (Wildman–Crippen MR) is 122 cm³/mol. The number of thioether (sulfide) groups is 1. The van der Waals surface area contributed by atoms with Crippen LogP contribution in [0.15, 0.2) is 64.9 Å². The summed E-state index contributed by atoms with van der Waals surface area (Å²) in [6, 6.07) is 17.9. The Labute approximate surface area is 189 Å². The molecule has 32 heavy (non-hydrogen) atoms. The van der Waals surface area contributed by atoms with E-state index in [1.807, 2.05) is 38.1 Å². The molecule has 0 saturated carbocycles. The zero-order valence-corrected chi connectivity index (χ0v) is 18.5. The van der Waals surface area contributed by atoms with Crippen molar-refractivity contribution in [2.24, 2.45) is 5.73 Å². The summed E-state index contributed by atoms with van der Waals surface area (Å²) in [7, 11) is 0. The number of para-hydroxylation sites is 1. The van der Waals surface area contributed by atoms with Crippen LogP contribution in [0.4, 0.5) is 5.69 Å². The largest absolute Gasteiger partial charge is 0.420 e. The molecule has 3 aromatic rings. The zero-order valence-electron chi connectivity index (χ0n) is 17.7. The maximum atomic E-state index is 14.0. The van der Waals surface area contributed by atoms with E-state index in [0.29, 0.717) is 17.9 Å². The SMILES string of the molecule is CCN1C(=O)C2(C(C#N)=C(N)Oc3n[nH]c(CSc4ccc(C)cc4)c32)c2ccccc21. The summed E-state index contributed by atoms with van der Waals surface area (Å²) in [6.45, 7) is 4.43. The summed E-state index contributed by atoms with van der Waals surface area (Å²) in [6.07, 6.45) is 0. The molecule has 1 spiro atoms. The molecule has 2 aliphatic heterocycles. The van der Waals surface area contributed by atoms with E-state index in [9.17, 15) is 10.1 Å². The molecule has 2 aliphatic rings. The van der Waals surface area contributed by atoms with Gasteiger partial charge in [0, 0.05) is 28.4 Å². The van der Waals surface area contributed by atoms with E-state index in [4.69, 9.17) is 10.5 Å². The molecular formula is C24H21N5O2S. The molecule has 2 aromatic carbocycles. The molecule has 8 heteroatoms. The fraction of sp³-hybridized carbons (Fsp3) is 0.208. The third kappa shape index (κ3) is 2.68. The van der Waals surface area contributed by atoms with Crippen molar-refractivity contribution < 1.29 is 9.53 Å². The van der Waals surface area contributed by atoms with Gasteiger partial charge in [0.1, 0.15) is 17.1 Å². The number of aromatic amines is 1. The standard InChI is InChI=1S/C24H21N5O2S/c1-3-29-19-7-5-4-6-16(19)24(23(29)30)17(12-25)21(26)31-22-20(24)18(27-28-22)13-32-15-10-8-14(2)9-11-15/h4-11H,3,13,26H2,1-2H3,(H,27,28). The van der Waals surface area contributed by atoms with E-state index in [1.54, 1.807) is 16.7 Å². The highest BCUT2D eigenvalue weighted by Gasteiger charge is 2.60. The van der Waals surface area contributed by atoms with Gasteiger partial charge in [-0.15, -0.1) is 16.9 Å². The van der Waals surface area contributed by atoms with Gasteiger partial charge in [-0.1, -0.05) is 35.9 Å². The number of aryl methyl sites for hydroxylation is 1. The summed E-state index contributed by atoms with van der Waals surface area (Å²) in [5.41, 5.74) is 8.85. The second-order valence-corrected chi connectivity index (χ2v) is 8.80. The van der Waals surface area contributed by atoms with Crippen molar-refractivity contribution in [1.82, 2.24) is 10.2 Å². The number of amides is 1. The highest BCUT2D eigenvalue weighted by molar-refractivity contribution is 7.98. The number of likely N-dealkylation sites (N-methyl/N-ethyl adjacent to an activating group) is 1. The minimum absolute atomic E-state index is 0.0923. The molecule has 5 rings (SSSR count). The van der Waals surface area contributed by atoms with E-state index >= 15 is 0 Å². The number of nitrogens with zero attached hydrogens (tertiary/aromatic N) is 3. The fourth-order valence-corrected chi connectivity index (χ4v) is 5.42. The Hall–Kier alpha value is -3.70. The number of hydrogen-bond donors (Lipinski definition) is 2. The van der Waals surface area contributed by atoms with Crippen molar-refractivity contribution in [3.63, 3.8) is 0 Å². The van der Waals surface area contributed by atoms with Crippen LogP contribution in [0.3, 0.4) is 0 Å². The molecule has 1 unspecified atom stereocenters. The lowest BCUT2D eigenvalue weighted by Gasteiger charge is -2.32. The van der Waals surface area contributed by atoms with E-state index in [0.717, 1.165) is 21.8 Å². The number of H-pyrrole nitrogens is 1. The summed E-state index contributed by atoms with van der Waals surface area (Å²) >= 11 is 1.62. The van der Waals surface area contributed by atoms with Crippen LogP contribution >= 0.6 is 11.8 Å². The van der Waals surface area contributed by atoms with Crippen LogP contribution < -0.4 is 15.4 Å². The minimum atomic E-state index is -1.38. The van der Waals surface area contributed by atoms with Gasteiger partial charge in [-0.3, -0.25) is 9.89 Å². The number of fused-ring (bicyclic) bond motifs is 4. The number of anilines is 1. The molecule has 0 fully saturated rings. The fourth-order valence-electron chi connectivity index (χ4n) is 4.57. The number of ether oxygens (including phenoxy) is 1. The lowest BCUT2D eigenvalue weighted by atomic mass is 9.69. The van der Waals surface area contributed by atoms with Gasteiger partial charge in [0.2, 0.25) is 17.7 Å². The molecule has 0 bridgehead atoms. The molecule has 0 saturated heterocycles. The Morgan fingerprint density at radius 1 is 1.25 bits per heavy atom. The number of carbonyl (C=O) groups is 1. The topological polar surface area (TPSA) is 108 Å². The van der Waals surface area contributed by atoms with Gasteiger partial charge in [0.15, 0.2) is 0 Å². The predicted octanol–water partition coefficient (Wildman–Crippen LogP) is 3.75. The molecule has 0 aliphatic carbocycles. The molecule has 3 N–H and O–H groups in total. The third-order valence-electron chi connectivity index (χ3n) is 6.01. The van der Waals surface area contributed by atoms with Crippen LogP contribution in [0.5, 0.6) is 5.88 Å². The third-order valence-corrected chi connectivity index (χ3v) is 7.05. The number of nitriles is 1. The van der Waals surface area contributed by atoms with Gasteiger partial charge in [-0.2, -0.15) is 5.26 Å². The molecule has 160 valence electrons. The monoisotopic (exact) mass is 443 g/mol. The first-order valence-electron chi connectivity index (χ1n) is 10.3. The highest BCUT2D eigenvalue weighted by atomic mass is 32.2. The maximum absolute atomic E-state index is 14.0. The molecule has 1 amide bonds. The number of aromatic nitrogens is 2. The first-order valence-corrected chi connectivity index (χ1v) is 11.3. The Morgan fingerprint density at radius 3 is 2.72 bits per heavy atom. The first kappa shape index (κ1) is 20.2. The van der Waals surface area contributed by atoms with Gasteiger partial charge in [-0.25, -0.2) is 0 Å². The average Bonchev–Trinajstić information content (AvgIpc) is 3.31. The average molecular weight is 444 g/mol. The summed E-state index contributed by atoms with van der Waals surface area (Å²) in [5, 5.41) is 17.5. The van der Waals surface area contributed by atoms with Crippen LogP contribution in [-0.2, 0) is 16.0 Å². The number of rotatable bonds is 4. The van der Waals surface area contributed by atoms with Crippen molar-refractivity contribution in [2.45, 2.75) is 29.9 Å². The van der Waals surface area contributed by atoms with Crippen LogP contribution in [0.2, 0.25) is 0 Å². The molecule has 1 atom stereocenters. The van der Waals surface area contributed by atoms with Crippen molar-refractivity contribution in [1.29, 1.82) is 5.26 Å². The molecular weight excluding hydrogens is 422 g/mol. The first-order chi connectivity index (χ1) is 15.5. The zero-order chi connectivity index (χ0) is 22.5. The smallest absolute Gasteiger partial charge is 0.247 e. The normalized spacial score (nSPS) is 19.0. The van der Waals surface area contributed by atoms with Crippen LogP contribution in [-0.4, -0.2) is 22.6 Å². The van der Waals surface area contributed by atoms with Crippen molar-refractivity contribution in [3.05, 3.63) is 82.4 Å². The second-order valence-electron chi connectivity index (χ2n) is 7.75. The number of nitrogens with one attached hydrogen (secondary N) is 1. The Bertz CT molecular complexity index is 1300. The van der Waals surface area contributed by atoms with Gasteiger partial charge < -0.3 is 15.4 Å². The van der Waals surface area contributed by atoms with Crippen LogP contribution in [0.25, 0.3) is 0 Å². The van der Waals surface area contributed by atoms with E-state index in [-0.39, 0.29) is 23.2 Å². The number of hydrogen-bond acceptors (Lipinski definition) is 6. The van der Waals surface area contributed by atoms with Crippen molar-refractivity contribution in [3.8, 4) is 11.9 Å². The lowest BCUT2D eigenvalue weighted by Crippen LogP contribution is -2.46. The quantitative estimate of drug-likeness (QED) is 0.595. The van der Waals surface area contributed by atoms with Crippen LogP contribution in [0, 0.1) is 18.3 Å². The number of carbonyl (C=O) groups excluding carboxylic acids is 1. The molecule has 7 nitrogen and oxygen atoms in total. The van der Waals surface area contributed by atoms with Gasteiger partial charge in [0.25, 0.3) is 0 Å². The van der Waals surface area contributed by atoms with E-state index in [1.165, 1.54) is 5.56 Å². The van der Waals surface area contributed by atoms with E-state index < -0.39 is 5.41 Å².